The summed E-state index contributed by atoms with van der Waals surface area (Å²) in [5.74, 6) is 1.70. The van der Waals surface area contributed by atoms with Crippen molar-refractivity contribution in [1.29, 1.82) is 0 Å². The van der Waals surface area contributed by atoms with Gasteiger partial charge in [0.15, 0.2) is 11.6 Å². The van der Waals surface area contributed by atoms with Crippen molar-refractivity contribution in [2.45, 2.75) is 38.5 Å². The maximum atomic E-state index is 9.38. The Morgan fingerprint density at radius 2 is 2.08 bits per heavy atom. The Bertz CT molecular complexity index is 1290. The highest BCUT2D eigenvalue weighted by atomic mass is 32.1. The molecule has 3 aromatic heterocycles. The number of H-pyrrole nitrogens is 1. The SMILES string of the molecule is CN(CCCCCC(O)NO)Cc1cc2nc(-c3cccc4[nH]ncc34)nc(N3CCOCC3)c2s1. The highest BCUT2D eigenvalue weighted by Gasteiger charge is 2.21. The largest absolute Gasteiger partial charge is 0.378 e. The predicted octanol–water partition coefficient (Wildman–Crippen LogP) is 3.36. The Morgan fingerprint density at radius 3 is 2.92 bits per heavy atom. The van der Waals surface area contributed by atoms with Gasteiger partial charge in [0, 0.05) is 35.5 Å². The number of hydrogen-bond acceptors (Lipinski definition) is 10. The van der Waals surface area contributed by atoms with Gasteiger partial charge in [-0.3, -0.25) is 5.10 Å². The lowest BCUT2D eigenvalue weighted by Crippen LogP contribution is -2.36. The summed E-state index contributed by atoms with van der Waals surface area (Å²) < 4.78 is 6.72. The lowest BCUT2D eigenvalue weighted by atomic mass is 10.1. The third-order valence-corrected chi connectivity index (χ3v) is 7.64. The van der Waals surface area contributed by atoms with Gasteiger partial charge in [-0.05, 0) is 45.0 Å². The number of hydroxylamine groups is 1. The minimum absolute atomic E-state index is 0.550. The Kier molecular flexibility index (Phi) is 8.05. The van der Waals surface area contributed by atoms with Crippen LogP contribution >= 0.6 is 11.3 Å². The number of thiophene rings is 1. The highest BCUT2D eigenvalue weighted by Crippen LogP contribution is 2.36. The molecule has 4 N–H and O–H groups in total. The number of aromatic amines is 1. The summed E-state index contributed by atoms with van der Waals surface area (Å²) in [4.78, 5) is 16.0. The summed E-state index contributed by atoms with van der Waals surface area (Å²) in [7, 11) is 2.13. The molecule has 1 fully saturated rings. The molecule has 0 saturated carbocycles. The number of unbranched alkanes of at least 4 members (excludes halogenated alkanes) is 2. The molecule has 192 valence electrons. The van der Waals surface area contributed by atoms with Gasteiger partial charge in [-0.25, -0.2) is 9.97 Å². The summed E-state index contributed by atoms with van der Waals surface area (Å²) in [6, 6.07) is 8.27. The van der Waals surface area contributed by atoms with Crippen LogP contribution in [0.2, 0.25) is 0 Å². The number of aliphatic hydroxyl groups is 1. The van der Waals surface area contributed by atoms with Crippen molar-refractivity contribution in [1.82, 2.24) is 30.5 Å². The van der Waals surface area contributed by atoms with Crippen molar-refractivity contribution in [3.05, 3.63) is 35.3 Å². The van der Waals surface area contributed by atoms with E-state index >= 15 is 0 Å². The molecule has 0 aliphatic carbocycles. The van der Waals surface area contributed by atoms with Crippen LogP contribution in [0.3, 0.4) is 0 Å². The summed E-state index contributed by atoms with van der Waals surface area (Å²) in [6.07, 6.45) is 4.46. The van der Waals surface area contributed by atoms with E-state index in [0.29, 0.717) is 25.5 Å². The lowest BCUT2D eigenvalue weighted by Gasteiger charge is -2.28. The first kappa shape index (κ1) is 25.0. The van der Waals surface area contributed by atoms with E-state index in [9.17, 15) is 5.11 Å². The second-order valence-corrected chi connectivity index (χ2v) is 10.4. The third-order valence-electron chi connectivity index (χ3n) is 6.53. The molecule has 1 saturated heterocycles. The molecule has 1 unspecified atom stereocenters. The summed E-state index contributed by atoms with van der Waals surface area (Å²) in [5.41, 5.74) is 4.80. The predicted molar refractivity (Wildman–Crippen MR) is 141 cm³/mol. The van der Waals surface area contributed by atoms with Gasteiger partial charge in [-0.1, -0.05) is 18.6 Å². The van der Waals surface area contributed by atoms with Crippen molar-refractivity contribution >= 4 is 38.3 Å². The molecule has 1 aliphatic rings. The van der Waals surface area contributed by atoms with E-state index in [1.54, 1.807) is 11.3 Å². The molecule has 1 atom stereocenters. The average molecular weight is 512 g/mol. The van der Waals surface area contributed by atoms with Crippen LogP contribution in [-0.2, 0) is 11.3 Å². The number of aliphatic hydroxyl groups excluding tert-OH is 1. The monoisotopic (exact) mass is 511 g/mol. The fourth-order valence-corrected chi connectivity index (χ4v) is 5.81. The molecule has 1 aliphatic heterocycles. The number of fused-ring (bicyclic) bond motifs is 2. The molecule has 11 heteroatoms. The first-order valence-electron chi connectivity index (χ1n) is 12.4. The zero-order chi connectivity index (χ0) is 24.9. The summed E-state index contributed by atoms with van der Waals surface area (Å²) >= 11 is 1.77. The summed E-state index contributed by atoms with van der Waals surface area (Å²) in [5, 5.41) is 26.3. The van der Waals surface area contributed by atoms with Crippen molar-refractivity contribution in [3.63, 3.8) is 0 Å². The van der Waals surface area contributed by atoms with E-state index in [-0.39, 0.29) is 0 Å². The average Bonchev–Trinajstić information content (AvgIpc) is 3.54. The molecular formula is C25H33N7O3S. The fraction of sp³-hybridized carbons (Fsp3) is 0.480. The maximum absolute atomic E-state index is 9.38. The Balaban J connectivity index is 1.37. The molecule has 36 heavy (non-hydrogen) atoms. The Labute approximate surface area is 213 Å². The number of ether oxygens (including phenoxy) is 1. The van der Waals surface area contributed by atoms with Crippen LogP contribution in [-0.4, -0.2) is 81.5 Å². The second-order valence-electron chi connectivity index (χ2n) is 9.27. The minimum atomic E-state index is -0.839. The highest BCUT2D eigenvalue weighted by molar-refractivity contribution is 7.19. The zero-order valence-corrected chi connectivity index (χ0v) is 21.3. The number of rotatable bonds is 11. The van der Waals surface area contributed by atoms with Gasteiger partial charge < -0.3 is 24.9 Å². The van der Waals surface area contributed by atoms with Gasteiger partial charge in [0.25, 0.3) is 0 Å². The number of morpholine rings is 1. The molecule has 4 heterocycles. The number of aromatic nitrogens is 4. The van der Waals surface area contributed by atoms with Crippen LogP contribution in [0.5, 0.6) is 0 Å². The van der Waals surface area contributed by atoms with Gasteiger partial charge in [0.05, 0.1) is 35.1 Å². The van der Waals surface area contributed by atoms with E-state index in [1.165, 1.54) is 4.88 Å². The Morgan fingerprint density at radius 1 is 1.22 bits per heavy atom. The van der Waals surface area contributed by atoms with Gasteiger partial charge in [-0.15, -0.1) is 11.3 Å². The zero-order valence-electron chi connectivity index (χ0n) is 20.5. The van der Waals surface area contributed by atoms with Gasteiger partial charge in [0.2, 0.25) is 0 Å². The Hall–Kier alpha value is -2.67. The fourth-order valence-electron chi connectivity index (χ4n) is 4.62. The van der Waals surface area contributed by atoms with Crippen LogP contribution in [0.15, 0.2) is 30.5 Å². The van der Waals surface area contributed by atoms with Gasteiger partial charge >= 0.3 is 0 Å². The molecule has 4 aromatic rings. The van der Waals surface area contributed by atoms with Crippen molar-refractivity contribution in [3.8, 4) is 11.4 Å². The van der Waals surface area contributed by atoms with Gasteiger partial charge in [0.1, 0.15) is 6.23 Å². The molecule has 0 radical (unpaired) electrons. The first-order valence-corrected chi connectivity index (χ1v) is 13.3. The van der Waals surface area contributed by atoms with E-state index in [2.05, 4.69) is 39.2 Å². The van der Waals surface area contributed by atoms with Crippen molar-refractivity contribution in [2.75, 3.05) is 44.8 Å². The van der Waals surface area contributed by atoms with E-state index in [4.69, 9.17) is 19.9 Å². The van der Waals surface area contributed by atoms with Crippen LogP contribution in [0.4, 0.5) is 5.82 Å². The number of hydrogen-bond donors (Lipinski definition) is 4. The number of nitrogens with zero attached hydrogens (tertiary/aromatic N) is 5. The molecule has 5 rings (SSSR count). The summed E-state index contributed by atoms with van der Waals surface area (Å²) in [6.45, 7) is 4.84. The minimum Gasteiger partial charge on any atom is -0.378 e. The van der Waals surface area contributed by atoms with E-state index in [0.717, 1.165) is 77.9 Å². The second kappa shape index (κ2) is 11.6. The smallest absolute Gasteiger partial charge is 0.162 e. The first-order chi connectivity index (χ1) is 17.6. The standard InChI is InChI=1S/C25H33N7O3S/c1-31(9-4-2-3-8-22(33)30-34)16-17-14-21-23(36-17)25(32-10-12-35-13-11-32)28-24(27-21)18-6-5-7-20-19(18)15-26-29-20/h5-7,14-15,22,30,33-34H,2-4,8-13,16H2,1H3,(H,26,29). The lowest BCUT2D eigenvalue weighted by molar-refractivity contribution is -0.00398. The maximum Gasteiger partial charge on any atom is 0.162 e. The third kappa shape index (κ3) is 5.66. The van der Waals surface area contributed by atoms with Gasteiger partial charge in [-0.2, -0.15) is 10.6 Å². The normalized spacial score (nSPS) is 15.4. The molecule has 10 nitrogen and oxygen atoms in total. The number of benzene rings is 1. The van der Waals surface area contributed by atoms with Crippen LogP contribution in [0.1, 0.15) is 30.6 Å². The number of nitrogens with one attached hydrogen (secondary N) is 2. The molecular weight excluding hydrogens is 478 g/mol. The molecule has 0 bridgehead atoms. The molecule has 0 spiro atoms. The van der Waals surface area contributed by atoms with Crippen LogP contribution in [0.25, 0.3) is 32.5 Å². The topological polar surface area (TPSA) is 123 Å². The van der Waals surface area contributed by atoms with Crippen molar-refractivity contribution in [2.24, 2.45) is 0 Å². The van der Waals surface area contributed by atoms with Crippen LogP contribution in [0, 0.1) is 0 Å². The molecule has 0 amide bonds. The molecule has 1 aromatic carbocycles. The van der Waals surface area contributed by atoms with Crippen molar-refractivity contribution < 1.29 is 15.1 Å². The van der Waals surface area contributed by atoms with E-state index in [1.807, 2.05) is 23.8 Å². The van der Waals surface area contributed by atoms with Crippen LogP contribution < -0.4 is 10.4 Å². The van der Waals surface area contributed by atoms with E-state index < -0.39 is 6.23 Å². The quantitative estimate of drug-likeness (QED) is 0.136. The number of anilines is 1.